The van der Waals surface area contributed by atoms with Crippen molar-refractivity contribution in [1.82, 2.24) is 5.43 Å². The van der Waals surface area contributed by atoms with Gasteiger partial charge in [0.1, 0.15) is 0 Å². The number of nitrogens with two attached hydrogens (primary N) is 1. The Bertz CT molecular complexity index is 314. The Morgan fingerprint density at radius 3 is 2.38 bits per heavy atom. The maximum absolute atomic E-state index is 5.49. The van der Waals surface area contributed by atoms with Gasteiger partial charge >= 0.3 is 0 Å². The first-order valence-corrected chi connectivity index (χ1v) is 5.83. The standard InChI is InChI=1S/C14H22N2/c1-4-5-14(16-15)10-12-6-8-13(9-7-12)11(2)3/h4,6-9,11,14,16H,1,5,10,15H2,2-3H3. The van der Waals surface area contributed by atoms with Crippen LogP contribution in [0.15, 0.2) is 36.9 Å². The number of hydrogen-bond acceptors (Lipinski definition) is 2. The molecule has 0 spiro atoms. The van der Waals surface area contributed by atoms with E-state index in [1.54, 1.807) is 0 Å². The highest BCUT2D eigenvalue weighted by molar-refractivity contribution is 5.25. The van der Waals surface area contributed by atoms with E-state index in [4.69, 9.17) is 5.84 Å². The van der Waals surface area contributed by atoms with Crippen LogP contribution in [-0.2, 0) is 6.42 Å². The van der Waals surface area contributed by atoms with Gasteiger partial charge in [-0.15, -0.1) is 6.58 Å². The summed E-state index contributed by atoms with van der Waals surface area (Å²) in [6.45, 7) is 8.14. The highest BCUT2D eigenvalue weighted by Crippen LogP contribution is 2.15. The second kappa shape index (κ2) is 6.46. The van der Waals surface area contributed by atoms with Gasteiger partial charge in [-0.05, 0) is 29.9 Å². The van der Waals surface area contributed by atoms with E-state index in [2.05, 4.69) is 50.1 Å². The number of hydrazine groups is 1. The third kappa shape index (κ3) is 3.80. The molecule has 0 saturated carbocycles. The zero-order chi connectivity index (χ0) is 12.0. The Morgan fingerprint density at radius 1 is 1.31 bits per heavy atom. The summed E-state index contributed by atoms with van der Waals surface area (Å²) in [5.74, 6) is 6.08. The molecular formula is C14H22N2. The van der Waals surface area contributed by atoms with Crippen molar-refractivity contribution in [3.63, 3.8) is 0 Å². The van der Waals surface area contributed by atoms with Gasteiger partial charge in [-0.2, -0.15) is 0 Å². The van der Waals surface area contributed by atoms with Gasteiger partial charge in [-0.25, -0.2) is 0 Å². The molecule has 16 heavy (non-hydrogen) atoms. The first kappa shape index (κ1) is 12.9. The molecule has 0 aliphatic rings. The Morgan fingerprint density at radius 2 is 1.94 bits per heavy atom. The van der Waals surface area contributed by atoms with E-state index in [0.717, 1.165) is 12.8 Å². The van der Waals surface area contributed by atoms with Crippen LogP contribution in [0.4, 0.5) is 0 Å². The Balaban J connectivity index is 2.63. The van der Waals surface area contributed by atoms with Crippen LogP contribution in [0.1, 0.15) is 37.3 Å². The Kier molecular flexibility index (Phi) is 5.23. The van der Waals surface area contributed by atoms with Crippen molar-refractivity contribution in [2.75, 3.05) is 0 Å². The van der Waals surface area contributed by atoms with Gasteiger partial charge in [0.15, 0.2) is 0 Å². The van der Waals surface area contributed by atoms with Crippen LogP contribution in [0.25, 0.3) is 0 Å². The van der Waals surface area contributed by atoms with Crippen molar-refractivity contribution < 1.29 is 0 Å². The molecule has 1 aromatic carbocycles. The largest absolute Gasteiger partial charge is 0.271 e. The first-order chi connectivity index (χ1) is 7.67. The quantitative estimate of drug-likeness (QED) is 0.438. The molecular weight excluding hydrogens is 196 g/mol. The molecule has 0 aliphatic heterocycles. The molecule has 0 heterocycles. The second-order valence-corrected chi connectivity index (χ2v) is 4.49. The minimum atomic E-state index is 0.280. The topological polar surface area (TPSA) is 38.0 Å². The summed E-state index contributed by atoms with van der Waals surface area (Å²) >= 11 is 0. The van der Waals surface area contributed by atoms with Gasteiger partial charge in [-0.1, -0.05) is 44.2 Å². The molecule has 1 atom stereocenters. The van der Waals surface area contributed by atoms with E-state index < -0.39 is 0 Å². The van der Waals surface area contributed by atoms with Crippen molar-refractivity contribution >= 4 is 0 Å². The molecule has 1 unspecified atom stereocenters. The molecule has 1 rings (SSSR count). The Hall–Kier alpha value is -1.12. The zero-order valence-corrected chi connectivity index (χ0v) is 10.2. The highest BCUT2D eigenvalue weighted by Gasteiger charge is 2.06. The molecule has 0 bridgehead atoms. The smallest absolute Gasteiger partial charge is 0.0285 e. The van der Waals surface area contributed by atoms with Gasteiger partial charge in [0.05, 0.1) is 0 Å². The van der Waals surface area contributed by atoms with Crippen molar-refractivity contribution in [3.8, 4) is 0 Å². The summed E-state index contributed by atoms with van der Waals surface area (Å²) in [4.78, 5) is 0. The van der Waals surface area contributed by atoms with Crippen molar-refractivity contribution in [3.05, 3.63) is 48.0 Å². The van der Waals surface area contributed by atoms with E-state index in [0.29, 0.717) is 5.92 Å². The second-order valence-electron chi connectivity index (χ2n) is 4.49. The van der Waals surface area contributed by atoms with Crippen LogP contribution in [0.3, 0.4) is 0 Å². The van der Waals surface area contributed by atoms with Crippen LogP contribution in [0.5, 0.6) is 0 Å². The van der Waals surface area contributed by atoms with Gasteiger partial charge in [-0.3, -0.25) is 11.3 Å². The number of rotatable bonds is 6. The SMILES string of the molecule is C=CCC(Cc1ccc(C(C)C)cc1)NN. The minimum Gasteiger partial charge on any atom is -0.271 e. The molecule has 0 amide bonds. The third-order valence-electron chi connectivity index (χ3n) is 2.82. The molecule has 1 aromatic rings. The molecule has 0 aromatic heterocycles. The molecule has 0 radical (unpaired) electrons. The number of nitrogens with one attached hydrogen (secondary N) is 1. The predicted molar refractivity (Wildman–Crippen MR) is 70.2 cm³/mol. The van der Waals surface area contributed by atoms with Crippen LogP contribution in [-0.4, -0.2) is 6.04 Å². The van der Waals surface area contributed by atoms with Crippen molar-refractivity contribution in [2.24, 2.45) is 5.84 Å². The van der Waals surface area contributed by atoms with Crippen molar-refractivity contribution in [1.29, 1.82) is 0 Å². The van der Waals surface area contributed by atoms with Crippen molar-refractivity contribution in [2.45, 2.75) is 38.6 Å². The van der Waals surface area contributed by atoms with Gasteiger partial charge in [0, 0.05) is 6.04 Å². The zero-order valence-electron chi connectivity index (χ0n) is 10.2. The summed E-state index contributed by atoms with van der Waals surface area (Å²) in [5.41, 5.74) is 5.51. The summed E-state index contributed by atoms with van der Waals surface area (Å²) < 4.78 is 0. The molecule has 0 aliphatic carbocycles. The fraction of sp³-hybridized carbons (Fsp3) is 0.429. The monoisotopic (exact) mass is 218 g/mol. The fourth-order valence-corrected chi connectivity index (χ4v) is 1.73. The average Bonchev–Trinajstić information content (AvgIpc) is 2.29. The predicted octanol–water partition coefficient (Wildman–Crippen LogP) is 2.76. The summed E-state index contributed by atoms with van der Waals surface area (Å²) in [7, 11) is 0. The van der Waals surface area contributed by atoms with E-state index in [9.17, 15) is 0 Å². The van der Waals surface area contributed by atoms with E-state index >= 15 is 0 Å². The van der Waals surface area contributed by atoms with E-state index in [1.165, 1.54) is 11.1 Å². The van der Waals surface area contributed by atoms with Crippen LogP contribution < -0.4 is 11.3 Å². The van der Waals surface area contributed by atoms with Gasteiger partial charge < -0.3 is 0 Å². The number of hydrogen-bond donors (Lipinski definition) is 2. The lowest BCUT2D eigenvalue weighted by molar-refractivity contribution is 0.531. The summed E-state index contributed by atoms with van der Waals surface area (Å²) in [6, 6.07) is 9.04. The Labute approximate surface area is 98.5 Å². The third-order valence-corrected chi connectivity index (χ3v) is 2.82. The molecule has 2 heteroatoms. The normalized spacial score (nSPS) is 12.8. The molecule has 88 valence electrons. The van der Waals surface area contributed by atoms with Crippen LogP contribution in [0.2, 0.25) is 0 Å². The molecule has 0 fully saturated rings. The first-order valence-electron chi connectivity index (χ1n) is 5.83. The van der Waals surface area contributed by atoms with Crippen LogP contribution in [0, 0.1) is 0 Å². The fourth-order valence-electron chi connectivity index (χ4n) is 1.73. The van der Waals surface area contributed by atoms with Crippen LogP contribution >= 0.6 is 0 Å². The molecule has 3 N–H and O–H groups in total. The average molecular weight is 218 g/mol. The lowest BCUT2D eigenvalue weighted by atomic mass is 9.98. The molecule has 0 saturated heterocycles. The van der Waals surface area contributed by atoms with E-state index in [1.807, 2.05) is 6.08 Å². The minimum absolute atomic E-state index is 0.280. The summed E-state index contributed by atoms with van der Waals surface area (Å²) in [5, 5.41) is 0. The van der Waals surface area contributed by atoms with Gasteiger partial charge in [0.2, 0.25) is 0 Å². The summed E-state index contributed by atoms with van der Waals surface area (Å²) in [6.07, 6.45) is 3.73. The highest BCUT2D eigenvalue weighted by atomic mass is 15.2. The lowest BCUT2D eigenvalue weighted by Gasteiger charge is -2.14. The number of benzene rings is 1. The van der Waals surface area contributed by atoms with Gasteiger partial charge in [0.25, 0.3) is 0 Å². The van der Waals surface area contributed by atoms with E-state index in [-0.39, 0.29) is 6.04 Å². The maximum Gasteiger partial charge on any atom is 0.0285 e. The maximum atomic E-state index is 5.49. The lowest BCUT2D eigenvalue weighted by Crippen LogP contribution is -2.36. The molecule has 2 nitrogen and oxygen atoms in total.